The molecule has 2 saturated heterocycles. The Morgan fingerprint density at radius 3 is 3.00 bits per heavy atom. The van der Waals surface area contributed by atoms with Gasteiger partial charge in [-0.2, -0.15) is 0 Å². The van der Waals surface area contributed by atoms with E-state index in [4.69, 9.17) is 10.5 Å². The van der Waals surface area contributed by atoms with Gasteiger partial charge in [0.2, 0.25) is 5.91 Å². The van der Waals surface area contributed by atoms with Gasteiger partial charge in [0.1, 0.15) is 6.10 Å². The normalized spacial score (nSPS) is 29.9. The molecule has 0 spiro atoms. The van der Waals surface area contributed by atoms with Crippen LogP contribution in [-0.2, 0) is 14.3 Å². The van der Waals surface area contributed by atoms with E-state index >= 15 is 0 Å². The third-order valence-electron chi connectivity index (χ3n) is 3.27. The van der Waals surface area contributed by atoms with Crippen LogP contribution in [0.1, 0.15) is 19.3 Å². The zero-order valence-corrected chi connectivity index (χ0v) is 9.85. The molecule has 0 bridgehead atoms. The molecular weight excluding hydrogens is 222 g/mol. The van der Waals surface area contributed by atoms with E-state index in [1.165, 1.54) is 0 Å². The summed E-state index contributed by atoms with van der Waals surface area (Å²) in [5.74, 6) is 0.00456. The van der Waals surface area contributed by atoms with Crippen LogP contribution in [0.4, 0.5) is 0 Å². The van der Waals surface area contributed by atoms with Crippen LogP contribution >= 0.6 is 0 Å². The minimum Gasteiger partial charge on any atom is -0.364 e. The number of hydrogen-bond donors (Lipinski definition) is 2. The van der Waals surface area contributed by atoms with E-state index in [1.54, 1.807) is 4.90 Å². The topological polar surface area (TPSA) is 84.7 Å². The third kappa shape index (κ3) is 2.95. The maximum Gasteiger partial charge on any atom is 0.251 e. The summed E-state index contributed by atoms with van der Waals surface area (Å²) >= 11 is 0. The highest BCUT2D eigenvalue weighted by atomic mass is 16.5. The van der Waals surface area contributed by atoms with Gasteiger partial charge in [-0.1, -0.05) is 0 Å². The SMILES string of the molecule is NCC1CCC(C(=O)N2CCNC(=O)CC2)O1. The average molecular weight is 241 g/mol. The van der Waals surface area contributed by atoms with Gasteiger partial charge in [-0.05, 0) is 12.8 Å². The molecule has 2 heterocycles. The predicted molar refractivity (Wildman–Crippen MR) is 61.2 cm³/mol. The van der Waals surface area contributed by atoms with Gasteiger partial charge in [-0.15, -0.1) is 0 Å². The quantitative estimate of drug-likeness (QED) is 0.639. The van der Waals surface area contributed by atoms with Crippen molar-refractivity contribution in [3.63, 3.8) is 0 Å². The summed E-state index contributed by atoms with van der Waals surface area (Å²) in [5, 5.41) is 2.75. The van der Waals surface area contributed by atoms with Crippen molar-refractivity contribution in [2.24, 2.45) is 5.73 Å². The molecule has 2 fully saturated rings. The maximum absolute atomic E-state index is 12.1. The van der Waals surface area contributed by atoms with E-state index in [0.717, 1.165) is 12.8 Å². The van der Waals surface area contributed by atoms with Gasteiger partial charge in [0.05, 0.1) is 6.10 Å². The van der Waals surface area contributed by atoms with Crippen LogP contribution in [-0.4, -0.2) is 55.1 Å². The number of amides is 2. The third-order valence-corrected chi connectivity index (χ3v) is 3.27. The lowest BCUT2D eigenvalue weighted by Gasteiger charge is -2.23. The zero-order valence-electron chi connectivity index (χ0n) is 9.85. The number of carbonyl (C=O) groups is 2. The molecule has 0 aromatic heterocycles. The molecule has 2 aliphatic heterocycles. The Bertz CT molecular complexity index is 308. The molecular formula is C11H19N3O3. The molecule has 6 nitrogen and oxygen atoms in total. The first kappa shape index (κ1) is 12.3. The monoisotopic (exact) mass is 241 g/mol. The lowest BCUT2D eigenvalue weighted by molar-refractivity contribution is -0.142. The fraction of sp³-hybridized carbons (Fsp3) is 0.818. The van der Waals surface area contributed by atoms with Crippen LogP contribution in [0.2, 0.25) is 0 Å². The summed E-state index contributed by atoms with van der Waals surface area (Å²) < 4.78 is 5.57. The van der Waals surface area contributed by atoms with E-state index in [9.17, 15) is 9.59 Å². The van der Waals surface area contributed by atoms with Crippen molar-refractivity contribution >= 4 is 11.8 Å². The Morgan fingerprint density at radius 2 is 2.29 bits per heavy atom. The minimum atomic E-state index is -0.364. The number of nitrogens with zero attached hydrogens (tertiary/aromatic N) is 1. The molecule has 96 valence electrons. The van der Waals surface area contributed by atoms with Crippen molar-refractivity contribution in [3.8, 4) is 0 Å². The Balaban J connectivity index is 1.89. The van der Waals surface area contributed by atoms with Gasteiger partial charge in [-0.25, -0.2) is 0 Å². The summed E-state index contributed by atoms with van der Waals surface area (Å²) in [4.78, 5) is 25.0. The molecule has 0 saturated carbocycles. The first-order chi connectivity index (χ1) is 8.20. The lowest BCUT2D eigenvalue weighted by Crippen LogP contribution is -2.41. The second-order valence-electron chi connectivity index (χ2n) is 4.49. The lowest BCUT2D eigenvalue weighted by atomic mass is 10.2. The van der Waals surface area contributed by atoms with Crippen molar-refractivity contribution in [2.75, 3.05) is 26.2 Å². The van der Waals surface area contributed by atoms with Crippen molar-refractivity contribution in [1.82, 2.24) is 10.2 Å². The van der Waals surface area contributed by atoms with Crippen molar-refractivity contribution in [2.45, 2.75) is 31.5 Å². The summed E-state index contributed by atoms with van der Waals surface area (Å²) in [7, 11) is 0. The fourth-order valence-electron chi connectivity index (χ4n) is 2.25. The van der Waals surface area contributed by atoms with Gasteiger partial charge < -0.3 is 20.7 Å². The van der Waals surface area contributed by atoms with Crippen LogP contribution < -0.4 is 11.1 Å². The molecule has 0 aliphatic carbocycles. The van der Waals surface area contributed by atoms with Crippen LogP contribution in [0.25, 0.3) is 0 Å². The van der Waals surface area contributed by atoms with Crippen molar-refractivity contribution in [3.05, 3.63) is 0 Å². The Kier molecular flexibility index (Phi) is 3.96. The van der Waals surface area contributed by atoms with Crippen molar-refractivity contribution in [1.29, 1.82) is 0 Å². The molecule has 0 aromatic carbocycles. The smallest absolute Gasteiger partial charge is 0.251 e. The molecule has 2 atom stereocenters. The summed E-state index contributed by atoms with van der Waals surface area (Å²) in [6.45, 7) is 2.04. The molecule has 2 amide bonds. The number of ether oxygens (including phenoxy) is 1. The molecule has 2 rings (SSSR count). The fourth-order valence-corrected chi connectivity index (χ4v) is 2.25. The van der Waals surface area contributed by atoms with Crippen molar-refractivity contribution < 1.29 is 14.3 Å². The highest BCUT2D eigenvalue weighted by molar-refractivity contribution is 5.83. The largest absolute Gasteiger partial charge is 0.364 e. The van der Waals surface area contributed by atoms with E-state index in [1.807, 2.05) is 0 Å². The van der Waals surface area contributed by atoms with Gasteiger partial charge >= 0.3 is 0 Å². The maximum atomic E-state index is 12.1. The van der Waals surface area contributed by atoms with Gasteiger partial charge in [0.15, 0.2) is 0 Å². The Hall–Kier alpha value is -1.14. The second-order valence-corrected chi connectivity index (χ2v) is 4.49. The Labute approximate surface area is 100 Å². The molecule has 0 radical (unpaired) electrons. The number of nitrogens with one attached hydrogen (secondary N) is 1. The summed E-state index contributed by atoms with van der Waals surface area (Å²) in [5.41, 5.74) is 5.51. The van der Waals surface area contributed by atoms with Crippen LogP contribution in [0.5, 0.6) is 0 Å². The molecule has 6 heteroatoms. The van der Waals surface area contributed by atoms with E-state index in [2.05, 4.69) is 5.32 Å². The number of carbonyl (C=O) groups excluding carboxylic acids is 2. The van der Waals surface area contributed by atoms with E-state index < -0.39 is 0 Å². The summed E-state index contributed by atoms with van der Waals surface area (Å²) in [6, 6.07) is 0. The van der Waals surface area contributed by atoms with Crippen LogP contribution in [0.15, 0.2) is 0 Å². The zero-order chi connectivity index (χ0) is 12.3. The van der Waals surface area contributed by atoms with Crippen LogP contribution in [0, 0.1) is 0 Å². The number of nitrogens with two attached hydrogens (primary N) is 1. The predicted octanol–water partition coefficient (Wildman–Crippen LogP) is -1.16. The molecule has 17 heavy (non-hydrogen) atoms. The first-order valence-electron chi connectivity index (χ1n) is 6.11. The van der Waals surface area contributed by atoms with Gasteiger partial charge in [0, 0.05) is 32.6 Å². The Morgan fingerprint density at radius 1 is 1.47 bits per heavy atom. The minimum absolute atomic E-state index is 0.00236. The second kappa shape index (κ2) is 5.46. The number of hydrogen-bond acceptors (Lipinski definition) is 4. The highest BCUT2D eigenvalue weighted by Gasteiger charge is 2.33. The highest BCUT2D eigenvalue weighted by Crippen LogP contribution is 2.20. The standard InChI is InChI=1S/C11H19N3O3/c12-7-8-1-2-9(17-8)11(16)14-5-3-10(15)13-4-6-14/h8-9H,1-7,12H2,(H,13,15). The van der Waals surface area contributed by atoms with E-state index in [0.29, 0.717) is 32.6 Å². The molecule has 3 N–H and O–H groups in total. The molecule has 0 aromatic rings. The van der Waals surface area contributed by atoms with Gasteiger partial charge in [-0.3, -0.25) is 9.59 Å². The summed E-state index contributed by atoms with van der Waals surface area (Å²) in [6.07, 6.45) is 1.60. The average Bonchev–Trinajstić information content (AvgIpc) is 2.71. The molecule has 2 unspecified atom stereocenters. The number of rotatable bonds is 2. The molecule has 2 aliphatic rings. The first-order valence-corrected chi connectivity index (χ1v) is 6.11. The van der Waals surface area contributed by atoms with E-state index in [-0.39, 0.29) is 24.0 Å². The van der Waals surface area contributed by atoms with Gasteiger partial charge in [0.25, 0.3) is 5.91 Å². The van der Waals surface area contributed by atoms with Crippen LogP contribution in [0.3, 0.4) is 0 Å².